The van der Waals surface area contributed by atoms with E-state index in [1.807, 2.05) is 0 Å². The summed E-state index contributed by atoms with van der Waals surface area (Å²) in [4.78, 5) is 0. The number of nitrogens with one attached hydrogen (secondary N) is 1. The number of rotatable bonds is 6. The molecular formula is C13H21N3O3S. The van der Waals surface area contributed by atoms with Gasteiger partial charge >= 0.3 is 10.2 Å². The summed E-state index contributed by atoms with van der Waals surface area (Å²) >= 11 is 0. The Hall–Kier alpha value is -1.31. The molecular weight excluding hydrogens is 278 g/mol. The molecule has 0 aromatic heterocycles. The van der Waals surface area contributed by atoms with Gasteiger partial charge in [0.1, 0.15) is 12.4 Å². The van der Waals surface area contributed by atoms with E-state index >= 15 is 0 Å². The van der Waals surface area contributed by atoms with Gasteiger partial charge in [-0.1, -0.05) is 12.5 Å². The molecule has 1 aromatic rings. The normalized spacial score (nSPS) is 16.9. The van der Waals surface area contributed by atoms with Crippen molar-refractivity contribution in [1.29, 1.82) is 0 Å². The zero-order chi connectivity index (χ0) is 14.4. The van der Waals surface area contributed by atoms with E-state index in [1.165, 1.54) is 4.31 Å². The van der Waals surface area contributed by atoms with E-state index in [-0.39, 0.29) is 0 Å². The van der Waals surface area contributed by atoms with Gasteiger partial charge in [-0.05, 0) is 25.0 Å². The van der Waals surface area contributed by atoms with E-state index in [1.54, 1.807) is 24.3 Å². The molecule has 1 aliphatic heterocycles. The van der Waals surface area contributed by atoms with E-state index in [4.69, 9.17) is 10.5 Å². The summed E-state index contributed by atoms with van der Waals surface area (Å²) < 4.78 is 33.9. The second kappa shape index (κ2) is 6.92. The van der Waals surface area contributed by atoms with Gasteiger partial charge < -0.3 is 10.5 Å². The summed E-state index contributed by atoms with van der Waals surface area (Å²) in [7, 11) is -3.47. The molecule has 0 bridgehead atoms. The van der Waals surface area contributed by atoms with Crippen LogP contribution in [0.3, 0.4) is 0 Å². The highest BCUT2D eigenvalue weighted by molar-refractivity contribution is 7.90. The van der Waals surface area contributed by atoms with Crippen molar-refractivity contribution in [3.63, 3.8) is 0 Å². The number of hydrogen-bond donors (Lipinski definition) is 2. The maximum atomic E-state index is 12.2. The summed E-state index contributed by atoms with van der Waals surface area (Å²) in [6, 6.07) is 6.89. The van der Waals surface area contributed by atoms with Crippen LogP contribution in [0.4, 0.5) is 5.69 Å². The Morgan fingerprint density at radius 1 is 1.25 bits per heavy atom. The van der Waals surface area contributed by atoms with Gasteiger partial charge in [0, 0.05) is 25.7 Å². The molecule has 1 aliphatic rings. The minimum Gasteiger partial charge on any atom is -0.492 e. The standard InChI is InChI=1S/C13H21N3O3S/c14-7-10-19-13-6-4-5-12(11-13)15-20(17,18)16-8-2-1-3-9-16/h4-6,11,15H,1-3,7-10,14H2. The lowest BCUT2D eigenvalue weighted by Crippen LogP contribution is -2.39. The van der Waals surface area contributed by atoms with Gasteiger partial charge in [-0.3, -0.25) is 4.72 Å². The highest BCUT2D eigenvalue weighted by Crippen LogP contribution is 2.20. The number of ether oxygens (including phenoxy) is 1. The lowest BCUT2D eigenvalue weighted by molar-refractivity contribution is 0.328. The second-order valence-electron chi connectivity index (χ2n) is 4.73. The summed E-state index contributed by atoms with van der Waals surface area (Å²) in [5.41, 5.74) is 5.88. The van der Waals surface area contributed by atoms with Crippen molar-refractivity contribution in [1.82, 2.24) is 4.31 Å². The van der Waals surface area contributed by atoms with Crippen LogP contribution in [0.1, 0.15) is 19.3 Å². The Balaban J connectivity index is 2.04. The number of hydrogen-bond acceptors (Lipinski definition) is 4. The van der Waals surface area contributed by atoms with Crippen molar-refractivity contribution >= 4 is 15.9 Å². The van der Waals surface area contributed by atoms with Crippen molar-refractivity contribution in [2.75, 3.05) is 31.0 Å². The lowest BCUT2D eigenvalue weighted by atomic mass is 10.2. The summed E-state index contributed by atoms with van der Waals surface area (Å²) in [5.74, 6) is 0.606. The first-order valence-electron chi connectivity index (χ1n) is 6.82. The molecule has 3 N–H and O–H groups in total. The molecule has 20 heavy (non-hydrogen) atoms. The van der Waals surface area contributed by atoms with Crippen LogP contribution >= 0.6 is 0 Å². The Morgan fingerprint density at radius 2 is 2.00 bits per heavy atom. The first kappa shape index (κ1) is 15.1. The van der Waals surface area contributed by atoms with Crippen LogP contribution in [0.15, 0.2) is 24.3 Å². The van der Waals surface area contributed by atoms with Crippen LogP contribution in [0, 0.1) is 0 Å². The molecule has 1 saturated heterocycles. The molecule has 1 heterocycles. The average Bonchev–Trinajstić information content (AvgIpc) is 2.46. The number of anilines is 1. The molecule has 7 heteroatoms. The topological polar surface area (TPSA) is 84.7 Å². The maximum Gasteiger partial charge on any atom is 0.301 e. The van der Waals surface area contributed by atoms with E-state index in [0.717, 1.165) is 19.3 Å². The van der Waals surface area contributed by atoms with Crippen LogP contribution in [0.5, 0.6) is 5.75 Å². The zero-order valence-corrected chi connectivity index (χ0v) is 12.2. The largest absolute Gasteiger partial charge is 0.492 e. The fourth-order valence-corrected chi connectivity index (χ4v) is 3.44. The van der Waals surface area contributed by atoms with Gasteiger partial charge in [-0.2, -0.15) is 12.7 Å². The number of benzene rings is 1. The van der Waals surface area contributed by atoms with Crippen molar-refractivity contribution in [2.24, 2.45) is 5.73 Å². The summed E-state index contributed by atoms with van der Waals surface area (Å²) in [6.07, 6.45) is 2.93. The smallest absolute Gasteiger partial charge is 0.301 e. The number of nitrogens with two attached hydrogens (primary N) is 1. The van der Waals surface area contributed by atoms with E-state index in [2.05, 4.69) is 4.72 Å². The predicted molar refractivity (Wildman–Crippen MR) is 79.0 cm³/mol. The minimum atomic E-state index is -3.47. The van der Waals surface area contributed by atoms with Crippen molar-refractivity contribution in [2.45, 2.75) is 19.3 Å². The third-order valence-corrected chi connectivity index (χ3v) is 4.66. The van der Waals surface area contributed by atoms with Crippen molar-refractivity contribution in [3.05, 3.63) is 24.3 Å². The molecule has 112 valence electrons. The summed E-state index contributed by atoms with van der Waals surface area (Å²) in [6.45, 7) is 1.99. The molecule has 0 radical (unpaired) electrons. The fraction of sp³-hybridized carbons (Fsp3) is 0.538. The molecule has 0 atom stereocenters. The third-order valence-electron chi connectivity index (χ3n) is 3.12. The van der Waals surface area contributed by atoms with Gasteiger partial charge in [-0.15, -0.1) is 0 Å². The quantitative estimate of drug-likeness (QED) is 0.825. The number of nitrogens with zero attached hydrogens (tertiary/aromatic N) is 1. The first-order chi connectivity index (χ1) is 9.62. The van der Waals surface area contributed by atoms with Gasteiger partial charge in [-0.25, -0.2) is 0 Å². The van der Waals surface area contributed by atoms with Gasteiger partial charge in [0.15, 0.2) is 0 Å². The molecule has 0 amide bonds. The SMILES string of the molecule is NCCOc1cccc(NS(=O)(=O)N2CCCCC2)c1. The highest BCUT2D eigenvalue weighted by Gasteiger charge is 2.23. The molecule has 0 unspecified atom stereocenters. The lowest BCUT2D eigenvalue weighted by Gasteiger charge is -2.26. The number of piperidine rings is 1. The molecule has 0 aliphatic carbocycles. The van der Waals surface area contributed by atoms with Crippen LogP contribution in [0.25, 0.3) is 0 Å². The molecule has 6 nitrogen and oxygen atoms in total. The Labute approximate surface area is 120 Å². The van der Waals surface area contributed by atoms with Gasteiger partial charge in [0.25, 0.3) is 0 Å². The average molecular weight is 299 g/mol. The molecule has 2 rings (SSSR count). The Kier molecular flexibility index (Phi) is 5.22. The zero-order valence-electron chi connectivity index (χ0n) is 11.4. The molecule has 1 aromatic carbocycles. The van der Waals surface area contributed by atoms with Crippen LogP contribution in [-0.2, 0) is 10.2 Å². The van der Waals surface area contributed by atoms with Crippen LogP contribution < -0.4 is 15.2 Å². The van der Waals surface area contributed by atoms with Crippen molar-refractivity contribution in [3.8, 4) is 5.75 Å². The molecule has 0 saturated carbocycles. The van der Waals surface area contributed by atoms with Crippen LogP contribution in [0.2, 0.25) is 0 Å². The Morgan fingerprint density at radius 3 is 2.70 bits per heavy atom. The van der Waals surface area contributed by atoms with E-state index in [9.17, 15) is 8.42 Å². The monoisotopic (exact) mass is 299 g/mol. The Bertz CT molecular complexity index is 527. The fourth-order valence-electron chi connectivity index (χ4n) is 2.14. The van der Waals surface area contributed by atoms with Crippen LogP contribution in [-0.4, -0.2) is 39.0 Å². The predicted octanol–water partition coefficient (Wildman–Crippen LogP) is 1.17. The third kappa shape index (κ3) is 4.09. The van der Waals surface area contributed by atoms with Gasteiger partial charge in [0.05, 0.1) is 5.69 Å². The van der Waals surface area contributed by atoms with E-state index in [0.29, 0.717) is 37.7 Å². The highest BCUT2D eigenvalue weighted by atomic mass is 32.2. The maximum absolute atomic E-state index is 12.2. The summed E-state index contributed by atoms with van der Waals surface area (Å²) in [5, 5.41) is 0. The molecule has 1 fully saturated rings. The second-order valence-corrected chi connectivity index (χ2v) is 6.40. The first-order valence-corrected chi connectivity index (χ1v) is 8.26. The minimum absolute atomic E-state index is 0.405. The van der Waals surface area contributed by atoms with E-state index < -0.39 is 10.2 Å². The van der Waals surface area contributed by atoms with Crippen molar-refractivity contribution < 1.29 is 13.2 Å². The molecule has 0 spiro atoms. The van der Waals surface area contributed by atoms with Gasteiger partial charge in [0.2, 0.25) is 0 Å².